The summed E-state index contributed by atoms with van der Waals surface area (Å²) >= 11 is -2.03. The van der Waals surface area contributed by atoms with Gasteiger partial charge in [-0.15, -0.1) is 0 Å². The first-order valence-corrected chi connectivity index (χ1v) is 1.97. The quantitative estimate of drug-likeness (QED) is 0.405. The first kappa shape index (κ1) is 8.86. The third-order valence-corrected chi connectivity index (χ3v) is 0. The van der Waals surface area contributed by atoms with E-state index in [9.17, 15) is 0 Å². The van der Waals surface area contributed by atoms with Crippen molar-refractivity contribution in [3.8, 4) is 0 Å². The minimum atomic E-state index is -2.03. The molecule has 0 aromatic heterocycles. The normalized spacial score (nSPS) is 3.00. The summed E-state index contributed by atoms with van der Waals surface area (Å²) < 4.78 is 17.0. The predicted octanol–water partition coefficient (Wildman–Crippen LogP) is -0.889. The van der Waals surface area contributed by atoms with E-state index in [1.807, 2.05) is 0 Å². The maximum atomic E-state index is 8.50. The van der Waals surface area contributed by atoms with Gasteiger partial charge in [0.25, 0.3) is 0 Å². The van der Waals surface area contributed by atoms with E-state index in [0.717, 1.165) is 0 Å². The van der Waals surface area contributed by atoms with Crippen LogP contribution >= 0.6 is 0 Å². The van der Waals surface area contributed by atoms with Crippen LogP contribution in [-0.4, -0.2) is 18.9 Å². The second-order valence-corrected chi connectivity index (χ2v) is 0.403. The van der Waals surface area contributed by atoms with Gasteiger partial charge in [-0.05, 0) is 0 Å². The molecule has 0 radical (unpaired) electrons. The fourth-order valence-electron chi connectivity index (χ4n) is 0. The Balaban J connectivity index is 0. The molecule has 0 fully saturated rings. The van der Waals surface area contributed by atoms with E-state index in [4.69, 9.17) is 6.80 Å². The average Bonchev–Trinajstić information content (AvgIpc) is 0.918. The van der Waals surface area contributed by atoms with Gasteiger partial charge >= 0.3 is 44.1 Å². The molecule has 0 spiro atoms. The molecule has 0 N–H and O–H groups in total. The summed E-state index contributed by atoms with van der Waals surface area (Å²) in [5.41, 5.74) is 0. The summed E-state index contributed by atoms with van der Waals surface area (Å²) in [5, 5.41) is 0. The molecule has 0 rings (SSSR count). The van der Waals surface area contributed by atoms with Crippen LogP contribution in [0.1, 0.15) is 0 Å². The van der Waals surface area contributed by atoms with Gasteiger partial charge in [0, 0.05) is 0 Å². The monoisotopic (exact) mass is 138 g/mol. The summed E-state index contributed by atoms with van der Waals surface area (Å²) in [4.78, 5) is 0. The first-order chi connectivity index (χ1) is 1.41. The Bertz CT molecular complexity index is 27.0. The molecule has 0 amide bonds. The van der Waals surface area contributed by atoms with Crippen LogP contribution in [0.25, 0.3) is 0 Å². The molecule has 0 aliphatic rings. The van der Waals surface area contributed by atoms with E-state index < -0.39 is 18.5 Å². The van der Waals surface area contributed by atoms with E-state index in [1.165, 1.54) is 0 Å². The molecule has 4 heavy (non-hydrogen) atoms. The van der Waals surface area contributed by atoms with E-state index >= 15 is 0 Å². The van der Waals surface area contributed by atoms with Crippen LogP contribution in [-0.2, 0) is 25.3 Å². The summed E-state index contributed by atoms with van der Waals surface area (Å²) in [5.74, 6) is 0. The Hall–Kier alpha value is 0.886. The minimum absolute atomic E-state index is 0. The zero-order valence-corrected chi connectivity index (χ0v) is 3.23. The fraction of sp³-hybridized carbons (Fsp3) is 0. The van der Waals surface area contributed by atoms with Gasteiger partial charge in [-0.25, -0.2) is 0 Å². The van der Waals surface area contributed by atoms with Crippen molar-refractivity contribution < 1.29 is 25.3 Å². The standard InChI is InChI=1S/Li.Mo.2O.H. The molecule has 0 saturated heterocycles. The molecule has 0 aromatic carbocycles. The second-order valence-electron chi connectivity index (χ2n) is 0.0680. The summed E-state index contributed by atoms with van der Waals surface area (Å²) in [6.45, 7) is 0. The molecule has 0 bridgehead atoms. The predicted molar refractivity (Wildman–Crippen MR) is 8.52 cm³/mol. The van der Waals surface area contributed by atoms with Gasteiger partial charge in [0.15, 0.2) is 0 Å². The molecule has 0 aliphatic carbocycles. The molecule has 0 atom stereocenters. The molecule has 0 aliphatic heterocycles. The van der Waals surface area contributed by atoms with Crippen molar-refractivity contribution in [2.24, 2.45) is 0 Å². The molecule has 0 heterocycles. The van der Waals surface area contributed by atoms with E-state index in [1.54, 1.807) is 0 Å². The van der Waals surface area contributed by atoms with E-state index in [0.29, 0.717) is 0 Å². The first-order valence-electron chi connectivity index (χ1n) is 0.333. The number of rotatable bonds is 0. The van der Waals surface area contributed by atoms with Gasteiger partial charge < -0.3 is 0 Å². The molecule has 0 aromatic rings. The zero-order valence-electron chi connectivity index (χ0n) is 1.22. The summed E-state index contributed by atoms with van der Waals surface area (Å²) in [6.07, 6.45) is 0. The molecule has 20 valence electrons. The van der Waals surface area contributed by atoms with Crippen LogP contribution in [0.2, 0.25) is 0 Å². The van der Waals surface area contributed by atoms with Crippen molar-refractivity contribution in [1.29, 1.82) is 0 Å². The average molecular weight is 136 g/mol. The van der Waals surface area contributed by atoms with Crippen molar-refractivity contribution >= 4 is 18.9 Å². The van der Waals surface area contributed by atoms with E-state index in [2.05, 4.69) is 0 Å². The third-order valence-electron chi connectivity index (χ3n) is 0. The van der Waals surface area contributed by atoms with Crippen LogP contribution in [0.4, 0.5) is 0 Å². The SMILES string of the molecule is [LiH].[O]=[Mo]=[O]. The van der Waals surface area contributed by atoms with Crippen LogP contribution < -0.4 is 0 Å². The molecule has 2 nitrogen and oxygen atoms in total. The Morgan fingerprint density at radius 3 is 1.25 bits per heavy atom. The summed E-state index contributed by atoms with van der Waals surface area (Å²) in [7, 11) is 0. The van der Waals surface area contributed by atoms with Crippen molar-refractivity contribution in [3.63, 3.8) is 0 Å². The molecular formula is HLiMoO2. The topological polar surface area (TPSA) is 34.1 Å². The van der Waals surface area contributed by atoms with Crippen LogP contribution in [0, 0.1) is 0 Å². The maximum absolute atomic E-state index is 8.50. The van der Waals surface area contributed by atoms with Gasteiger partial charge in [0.05, 0.1) is 0 Å². The molecule has 4 heteroatoms. The number of hydrogen-bond donors (Lipinski definition) is 0. The van der Waals surface area contributed by atoms with Crippen LogP contribution in [0.15, 0.2) is 0 Å². The van der Waals surface area contributed by atoms with Crippen molar-refractivity contribution in [3.05, 3.63) is 0 Å². The van der Waals surface area contributed by atoms with Gasteiger partial charge in [-0.1, -0.05) is 0 Å². The molecule has 0 saturated carbocycles. The Morgan fingerprint density at radius 1 is 1.25 bits per heavy atom. The molecular weight excluding hydrogens is 135 g/mol. The third kappa shape index (κ3) is 13.1. The fourth-order valence-corrected chi connectivity index (χ4v) is 0. The summed E-state index contributed by atoms with van der Waals surface area (Å²) in [6, 6.07) is 0. The van der Waals surface area contributed by atoms with Crippen molar-refractivity contribution in [1.82, 2.24) is 0 Å². The zero-order chi connectivity index (χ0) is 2.71. The van der Waals surface area contributed by atoms with Crippen molar-refractivity contribution in [2.45, 2.75) is 0 Å². The Kier molecular flexibility index (Phi) is 20.2. The van der Waals surface area contributed by atoms with Gasteiger partial charge in [-0.3, -0.25) is 0 Å². The molecule has 0 unspecified atom stereocenters. The van der Waals surface area contributed by atoms with E-state index in [-0.39, 0.29) is 18.9 Å². The van der Waals surface area contributed by atoms with Crippen molar-refractivity contribution in [2.75, 3.05) is 0 Å². The van der Waals surface area contributed by atoms with Gasteiger partial charge in [0.1, 0.15) is 0 Å². The van der Waals surface area contributed by atoms with Crippen LogP contribution in [0.5, 0.6) is 0 Å². The van der Waals surface area contributed by atoms with Crippen LogP contribution in [0.3, 0.4) is 0 Å². The van der Waals surface area contributed by atoms with Gasteiger partial charge in [0.2, 0.25) is 0 Å². The Labute approximate surface area is 44.3 Å². The van der Waals surface area contributed by atoms with Gasteiger partial charge in [-0.2, -0.15) is 0 Å². The number of hydrogen-bond acceptors (Lipinski definition) is 2. The second kappa shape index (κ2) is 9.10. The Morgan fingerprint density at radius 2 is 1.25 bits per heavy atom.